The van der Waals surface area contributed by atoms with Crippen molar-refractivity contribution in [2.75, 3.05) is 39.4 Å². The Bertz CT molecular complexity index is 848. The largest absolute Gasteiger partial charge is 0.352 e. The number of amides is 1. The molecule has 1 spiro atoms. The fourth-order valence-corrected chi connectivity index (χ4v) is 6.13. The molecule has 1 amide bonds. The fraction of sp³-hybridized carbons (Fsp3) is 0.650. The van der Waals surface area contributed by atoms with Crippen LogP contribution in [0.5, 0.6) is 0 Å². The molecule has 1 N–H and O–H groups in total. The van der Waals surface area contributed by atoms with E-state index in [2.05, 4.69) is 5.32 Å². The lowest BCUT2D eigenvalue weighted by Gasteiger charge is -2.40. The summed E-state index contributed by atoms with van der Waals surface area (Å²) in [5, 5.41) is 3.57. The highest BCUT2D eigenvalue weighted by Gasteiger charge is 2.44. The summed E-state index contributed by atoms with van der Waals surface area (Å²) in [5.74, 6) is -1.08. The van der Waals surface area contributed by atoms with E-state index in [1.165, 1.54) is 8.61 Å². The lowest BCUT2D eigenvalue weighted by Crippen LogP contribution is -2.54. The van der Waals surface area contributed by atoms with Gasteiger partial charge in [0.25, 0.3) is 10.2 Å². The van der Waals surface area contributed by atoms with E-state index in [1.807, 2.05) is 12.1 Å². The number of carbonyl (C=O) groups is 1. The Balaban J connectivity index is 1.32. The van der Waals surface area contributed by atoms with Crippen LogP contribution < -0.4 is 5.32 Å². The monoisotopic (exact) mass is 457 g/mol. The van der Waals surface area contributed by atoms with Gasteiger partial charge in [-0.05, 0) is 30.5 Å². The number of benzene rings is 1. The molecule has 3 saturated heterocycles. The summed E-state index contributed by atoms with van der Waals surface area (Å²) in [5.41, 5.74) is 0.951. The van der Waals surface area contributed by atoms with Crippen LogP contribution in [0.3, 0.4) is 0 Å². The average molecular weight is 458 g/mol. The standard InChI is InChI=1S/C20H28ClN3O5S/c21-18-5-3-16(4-6-18)14-22-19(25)17-2-1-9-24(15-17)30(26,27)23-10-7-20(8-11-23)28-12-13-29-20/h3-6,17H,1-2,7-15H2,(H,22,25)/t17-/m1/s1. The minimum atomic E-state index is -3.61. The van der Waals surface area contributed by atoms with Gasteiger partial charge in [0.1, 0.15) is 0 Å². The predicted molar refractivity (Wildman–Crippen MR) is 112 cm³/mol. The van der Waals surface area contributed by atoms with Crippen molar-refractivity contribution >= 4 is 27.7 Å². The van der Waals surface area contributed by atoms with Gasteiger partial charge in [0.2, 0.25) is 5.91 Å². The topological polar surface area (TPSA) is 88.2 Å². The van der Waals surface area contributed by atoms with E-state index in [-0.39, 0.29) is 18.4 Å². The zero-order valence-electron chi connectivity index (χ0n) is 16.9. The van der Waals surface area contributed by atoms with Gasteiger partial charge in [0.05, 0.1) is 19.1 Å². The molecular formula is C20H28ClN3O5S. The van der Waals surface area contributed by atoms with Gasteiger partial charge in [0.15, 0.2) is 5.79 Å². The van der Waals surface area contributed by atoms with E-state index in [4.69, 9.17) is 21.1 Å². The van der Waals surface area contributed by atoms with Crippen molar-refractivity contribution in [1.82, 2.24) is 13.9 Å². The second-order valence-electron chi connectivity index (χ2n) is 8.06. The molecule has 1 aromatic carbocycles. The maximum Gasteiger partial charge on any atom is 0.282 e. The Kier molecular flexibility index (Phi) is 6.67. The van der Waals surface area contributed by atoms with Gasteiger partial charge in [-0.3, -0.25) is 4.79 Å². The molecule has 10 heteroatoms. The van der Waals surface area contributed by atoms with Crippen molar-refractivity contribution in [2.24, 2.45) is 5.92 Å². The molecule has 3 aliphatic heterocycles. The third-order valence-corrected chi connectivity index (χ3v) is 8.34. The summed E-state index contributed by atoms with van der Waals surface area (Å²) in [6.07, 6.45) is 2.42. The Labute approximate surface area is 182 Å². The summed E-state index contributed by atoms with van der Waals surface area (Å²) < 4.78 is 40.6. The smallest absolute Gasteiger partial charge is 0.282 e. The zero-order valence-corrected chi connectivity index (χ0v) is 18.5. The van der Waals surface area contributed by atoms with Gasteiger partial charge in [-0.15, -0.1) is 0 Å². The molecule has 30 heavy (non-hydrogen) atoms. The first kappa shape index (κ1) is 22.0. The molecule has 0 aromatic heterocycles. The molecule has 0 aliphatic carbocycles. The number of carbonyl (C=O) groups excluding carboxylic acids is 1. The first-order valence-corrected chi connectivity index (χ1v) is 12.2. The number of hydrogen-bond acceptors (Lipinski definition) is 5. The fourth-order valence-electron chi connectivity index (χ4n) is 4.31. The number of hydrogen-bond donors (Lipinski definition) is 1. The Morgan fingerprint density at radius 1 is 1.10 bits per heavy atom. The van der Waals surface area contributed by atoms with Crippen LogP contribution >= 0.6 is 11.6 Å². The molecule has 0 radical (unpaired) electrons. The predicted octanol–water partition coefficient (Wildman–Crippen LogP) is 1.75. The van der Waals surface area contributed by atoms with E-state index in [0.29, 0.717) is 70.1 Å². The first-order chi connectivity index (χ1) is 14.4. The van der Waals surface area contributed by atoms with Crippen molar-refractivity contribution in [3.05, 3.63) is 34.9 Å². The second kappa shape index (κ2) is 9.10. The Morgan fingerprint density at radius 3 is 2.43 bits per heavy atom. The van der Waals surface area contributed by atoms with Crippen molar-refractivity contribution in [2.45, 2.75) is 38.0 Å². The van der Waals surface area contributed by atoms with Crippen LogP contribution in [0.1, 0.15) is 31.2 Å². The van der Waals surface area contributed by atoms with Gasteiger partial charge < -0.3 is 14.8 Å². The van der Waals surface area contributed by atoms with E-state index >= 15 is 0 Å². The van der Waals surface area contributed by atoms with Crippen LogP contribution in [0.2, 0.25) is 5.02 Å². The van der Waals surface area contributed by atoms with E-state index in [9.17, 15) is 13.2 Å². The average Bonchev–Trinajstić information content (AvgIpc) is 3.21. The summed E-state index contributed by atoms with van der Waals surface area (Å²) in [4.78, 5) is 12.7. The van der Waals surface area contributed by atoms with Gasteiger partial charge >= 0.3 is 0 Å². The minimum absolute atomic E-state index is 0.116. The van der Waals surface area contributed by atoms with Crippen molar-refractivity contribution in [1.29, 1.82) is 0 Å². The molecule has 3 fully saturated rings. The third kappa shape index (κ3) is 4.81. The summed E-state index contributed by atoms with van der Waals surface area (Å²) in [7, 11) is -3.61. The molecule has 8 nitrogen and oxygen atoms in total. The summed E-state index contributed by atoms with van der Waals surface area (Å²) >= 11 is 5.89. The van der Waals surface area contributed by atoms with Gasteiger partial charge in [-0.1, -0.05) is 23.7 Å². The minimum Gasteiger partial charge on any atom is -0.352 e. The second-order valence-corrected chi connectivity index (χ2v) is 10.4. The first-order valence-electron chi connectivity index (χ1n) is 10.4. The highest BCUT2D eigenvalue weighted by atomic mass is 35.5. The zero-order chi connectivity index (χ0) is 21.2. The normalized spacial score (nSPS) is 25.4. The van der Waals surface area contributed by atoms with Gasteiger partial charge in [-0.2, -0.15) is 17.0 Å². The molecule has 1 atom stereocenters. The van der Waals surface area contributed by atoms with Crippen molar-refractivity contribution in [3.8, 4) is 0 Å². The van der Waals surface area contributed by atoms with Gasteiger partial charge in [0, 0.05) is 50.6 Å². The quantitative estimate of drug-likeness (QED) is 0.727. The number of nitrogens with one attached hydrogen (secondary N) is 1. The molecule has 0 unspecified atom stereocenters. The molecule has 1 aromatic rings. The highest BCUT2D eigenvalue weighted by Crippen LogP contribution is 2.33. The number of nitrogens with zero attached hydrogens (tertiary/aromatic N) is 2. The van der Waals surface area contributed by atoms with Crippen LogP contribution in [-0.4, -0.2) is 68.1 Å². The molecule has 4 rings (SSSR count). The molecule has 0 bridgehead atoms. The SMILES string of the molecule is O=C(NCc1ccc(Cl)cc1)[C@@H]1CCCN(S(=O)(=O)N2CCC3(CC2)OCCO3)C1. The molecular weight excluding hydrogens is 430 g/mol. The van der Waals surface area contributed by atoms with Crippen molar-refractivity contribution < 1.29 is 22.7 Å². The maximum atomic E-state index is 13.1. The van der Waals surface area contributed by atoms with Crippen LogP contribution in [-0.2, 0) is 31.0 Å². The molecule has 3 heterocycles. The van der Waals surface area contributed by atoms with Gasteiger partial charge in [-0.25, -0.2) is 0 Å². The molecule has 166 valence electrons. The van der Waals surface area contributed by atoms with Crippen LogP contribution in [0, 0.1) is 5.92 Å². The molecule has 0 saturated carbocycles. The van der Waals surface area contributed by atoms with Crippen LogP contribution in [0.4, 0.5) is 0 Å². The highest BCUT2D eigenvalue weighted by molar-refractivity contribution is 7.86. The number of ether oxygens (including phenoxy) is 2. The van der Waals surface area contributed by atoms with E-state index < -0.39 is 16.0 Å². The summed E-state index contributed by atoms with van der Waals surface area (Å²) in [6.45, 7) is 2.91. The maximum absolute atomic E-state index is 13.1. The van der Waals surface area contributed by atoms with Crippen LogP contribution in [0.25, 0.3) is 0 Å². The lowest BCUT2D eigenvalue weighted by atomic mass is 9.99. The Hall–Kier alpha value is -1.23. The lowest BCUT2D eigenvalue weighted by molar-refractivity contribution is -0.179. The third-order valence-electron chi connectivity index (χ3n) is 6.09. The summed E-state index contributed by atoms with van der Waals surface area (Å²) in [6, 6.07) is 7.28. The number of piperidine rings is 2. The number of halogens is 1. The van der Waals surface area contributed by atoms with E-state index in [1.54, 1.807) is 12.1 Å². The number of rotatable bonds is 5. The van der Waals surface area contributed by atoms with Crippen LogP contribution in [0.15, 0.2) is 24.3 Å². The van der Waals surface area contributed by atoms with Crippen molar-refractivity contribution in [3.63, 3.8) is 0 Å². The van der Waals surface area contributed by atoms with E-state index in [0.717, 1.165) is 5.56 Å². The Morgan fingerprint density at radius 2 is 1.77 bits per heavy atom. The molecule has 3 aliphatic rings.